The lowest BCUT2D eigenvalue weighted by Crippen LogP contribution is -2.10. The lowest BCUT2D eigenvalue weighted by Gasteiger charge is -2.28. The van der Waals surface area contributed by atoms with Crippen molar-refractivity contribution in [2.24, 2.45) is 0 Å². The third-order valence-electron chi connectivity index (χ3n) is 12.0. The van der Waals surface area contributed by atoms with E-state index in [0.29, 0.717) is 0 Å². The van der Waals surface area contributed by atoms with Crippen molar-refractivity contribution in [3.8, 4) is 22.3 Å². The number of fused-ring (bicyclic) bond motifs is 8. The van der Waals surface area contributed by atoms with Crippen LogP contribution in [0.5, 0.6) is 0 Å². The molecule has 0 amide bonds. The van der Waals surface area contributed by atoms with E-state index in [4.69, 9.17) is 4.42 Å². The Labute approximate surface area is 335 Å². The summed E-state index contributed by atoms with van der Waals surface area (Å²) in [5.41, 5.74) is 9.78. The standard InChI is InChI=1S/C56H35NO/c1-2-12-36(13-3-1)37-24-29-41(30-25-37)57(42-31-26-38(27-32-42)39-28-33-48-47-19-8-9-23-53(47)58-54(48)35-39)52-34-40-14-10-20-49-45-17-6-4-15-43(45)44-16-5-7-18-46(44)50-21-11-22-51(52)56(50)55(40)49/h1-35H. The van der Waals surface area contributed by atoms with E-state index in [0.717, 1.165) is 50.1 Å². The molecule has 1 heterocycles. The van der Waals surface area contributed by atoms with Gasteiger partial charge in [0.05, 0.1) is 5.69 Å². The Hall–Kier alpha value is -7.68. The van der Waals surface area contributed by atoms with E-state index in [2.05, 4.69) is 205 Å². The number of benzene rings is 10. The Morgan fingerprint density at radius 2 is 0.741 bits per heavy atom. The Morgan fingerprint density at radius 3 is 1.41 bits per heavy atom. The van der Waals surface area contributed by atoms with Crippen LogP contribution in [0.15, 0.2) is 217 Å². The average molecular weight is 738 g/mol. The molecule has 2 nitrogen and oxygen atoms in total. The second-order valence-corrected chi connectivity index (χ2v) is 15.2. The van der Waals surface area contributed by atoms with Gasteiger partial charge in [0.1, 0.15) is 11.2 Å². The molecule has 12 rings (SSSR count). The maximum absolute atomic E-state index is 6.28. The van der Waals surface area contributed by atoms with Gasteiger partial charge in [0.15, 0.2) is 0 Å². The maximum atomic E-state index is 6.28. The molecular weight excluding hydrogens is 703 g/mol. The van der Waals surface area contributed by atoms with Crippen molar-refractivity contribution >= 4 is 92.9 Å². The highest BCUT2D eigenvalue weighted by molar-refractivity contribution is 6.34. The van der Waals surface area contributed by atoms with Crippen molar-refractivity contribution in [2.45, 2.75) is 0 Å². The molecule has 0 aliphatic carbocycles. The minimum atomic E-state index is 0.901. The molecule has 58 heavy (non-hydrogen) atoms. The first kappa shape index (κ1) is 32.6. The lowest BCUT2D eigenvalue weighted by molar-refractivity contribution is 0.669. The predicted molar refractivity (Wildman–Crippen MR) is 247 cm³/mol. The first-order valence-corrected chi connectivity index (χ1v) is 19.9. The summed E-state index contributed by atoms with van der Waals surface area (Å²) in [6.07, 6.45) is 0. The lowest BCUT2D eigenvalue weighted by atomic mass is 9.89. The van der Waals surface area contributed by atoms with Crippen molar-refractivity contribution < 1.29 is 4.42 Å². The van der Waals surface area contributed by atoms with Crippen LogP contribution < -0.4 is 4.90 Å². The number of hydrogen-bond donors (Lipinski definition) is 0. The van der Waals surface area contributed by atoms with Gasteiger partial charge < -0.3 is 9.32 Å². The topological polar surface area (TPSA) is 16.4 Å². The molecule has 0 bridgehead atoms. The Kier molecular flexibility index (Phi) is 7.26. The van der Waals surface area contributed by atoms with Crippen LogP contribution in [0.1, 0.15) is 0 Å². The van der Waals surface area contributed by atoms with Crippen LogP contribution in [0.2, 0.25) is 0 Å². The molecule has 0 radical (unpaired) electrons. The highest BCUT2D eigenvalue weighted by atomic mass is 16.3. The third-order valence-corrected chi connectivity index (χ3v) is 12.0. The summed E-state index contributed by atoms with van der Waals surface area (Å²) in [6, 6.07) is 77.2. The molecule has 0 aliphatic rings. The molecule has 0 aliphatic heterocycles. The number of rotatable bonds is 5. The van der Waals surface area contributed by atoms with Crippen molar-refractivity contribution in [3.63, 3.8) is 0 Å². The van der Waals surface area contributed by atoms with Crippen molar-refractivity contribution in [1.29, 1.82) is 0 Å². The third kappa shape index (κ3) is 5.05. The Bertz CT molecular complexity index is 3550. The summed E-state index contributed by atoms with van der Waals surface area (Å²) in [4.78, 5) is 2.44. The molecule has 0 unspecified atom stereocenters. The Balaban J connectivity index is 1.11. The summed E-state index contributed by atoms with van der Waals surface area (Å²) in [5, 5.41) is 14.8. The SMILES string of the molecule is c1ccc(-c2ccc(N(c3ccc(-c4ccc5c(c4)oc4ccccc45)cc3)c3cc4cccc5c6ccccc6c6ccccc6c6cccc3c6c45)cc2)cc1. The number of hydrogen-bond acceptors (Lipinski definition) is 2. The smallest absolute Gasteiger partial charge is 0.136 e. The second kappa shape index (κ2) is 12.9. The largest absolute Gasteiger partial charge is 0.456 e. The van der Waals surface area contributed by atoms with Gasteiger partial charge in [-0.15, -0.1) is 0 Å². The molecule has 2 heteroatoms. The van der Waals surface area contributed by atoms with E-state index < -0.39 is 0 Å². The first-order valence-electron chi connectivity index (χ1n) is 19.9. The maximum Gasteiger partial charge on any atom is 0.136 e. The number of para-hydroxylation sites is 1. The number of anilines is 3. The van der Waals surface area contributed by atoms with Gasteiger partial charge in [-0.2, -0.15) is 0 Å². The monoisotopic (exact) mass is 737 g/mol. The van der Waals surface area contributed by atoms with Gasteiger partial charge in [-0.25, -0.2) is 0 Å². The summed E-state index contributed by atoms with van der Waals surface area (Å²) in [7, 11) is 0. The van der Waals surface area contributed by atoms with E-state index >= 15 is 0 Å². The van der Waals surface area contributed by atoms with Crippen LogP contribution in [0.25, 0.3) is 98.1 Å². The van der Waals surface area contributed by atoms with Gasteiger partial charge >= 0.3 is 0 Å². The first-order chi connectivity index (χ1) is 28.8. The van der Waals surface area contributed by atoms with Crippen LogP contribution in [-0.2, 0) is 0 Å². The van der Waals surface area contributed by atoms with Crippen LogP contribution >= 0.6 is 0 Å². The van der Waals surface area contributed by atoms with Crippen molar-refractivity contribution in [1.82, 2.24) is 0 Å². The predicted octanol–water partition coefficient (Wildman–Crippen LogP) is 16.2. The molecule has 0 saturated carbocycles. The number of furan rings is 1. The highest BCUT2D eigenvalue weighted by Crippen LogP contribution is 2.47. The van der Waals surface area contributed by atoms with E-state index in [1.165, 1.54) is 65.0 Å². The quantitative estimate of drug-likeness (QED) is 0.164. The zero-order chi connectivity index (χ0) is 38.2. The van der Waals surface area contributed by atoms with Crippen LogP contribution in [0.4, 0.5) is 17.1 Å². The van der Waals surface area contributed by atoms with Gasteiger partial charge in [-0.3, -0.25) is 0 Å². The van der Waals surface area contributed by atoms with E-state index in [-0.39, 0.29) is 0 Å². The summed E-state index contributed by atoms with van der Waals surface area (Å²) in [5.74, 6) is 0. The molecule has 11 aromatic carbocycles. The summed E-state index contributed by atoms with van der Waals surface area (Å²) >= 11 is 0. The number of nitrogens with zero attached hydrogens (tertiary/aromatic N) is 1. The van der Waals surface area contributed by atoms with Gasteiger partial charge in [0, 0.05) is 32.9 Å². The van der Waals surface area contributed by atoms with Crippen LogP contribution in [-0.4, -0.2) is 0 Å². The Morgan fingerprint density at radius 1 is 0.276 bits per heavy atom. The fourth-order valence-electron chi connectivity index (χ4n) is 9.34. The van der Waals surface area contributed by atoms with E-state index in [1.54, 1.807) is 0 Å². The highest BCUT2D eigenvalue weighted by Gasteiger charge is 2.21. The normalized spacial score (nSPS) is 11.8. The molecule has 0 saturated heterocycles. The zero-order valence-corrected chi connectivity index (χ0v) is 31.6. The fraction of sp³-hybridized carbons (Fsp3) is 0. The van der Waals surface area contributed by atoms with Crippen LogP contribution in [0.3, 0.4) is 0 Å². The molecule has 1 aromatic heterocycles. The van der Waals surface area contributed by atoms with E-state index in [9.17, 15) is 0 Å². The van der Waals surface area contributed by atoms with Gasteiger partial charge in [0.2, 0.25) is 0 Å². The minimum absolute atomic E-state index is 0.901. The van der Waals surface area contributed by atoms with Gasteiger partial charge in [-0.05, 0) is 114 Å². The zero-order valence-electron chi connectivity index (χ0n) is 31.6. The van der Waals surface area contributed by atoms with E-state index in [1.807, 2.05) is 12.1 Å². The van der Waals surface area contributed by atoms with Gasteiger partial charge in [-0.1, -0.05) is 164 Å². The fourth-order valence-corrected chi connectivity index (χ4v) is 9.34. The van der Waals surface area contributed by atoms with Crippen molar-refractivity contribution in [2.75, 3.05) is 4.90 Å². The molecule has 0 N–H and O–H groups in total. The van der Waals surface area contributed by atoms with Gasteiger partial charge in [0.25, 0.3) is 0 Å². The van der Waals surface area contributed by atoms with Crippen LogP contribution in [0, 0.1) is 0 Å². The molecule has 270 valence electrons. The summed E-state index contributed by atoms with van der Waals surface area (Å²) in [6.45, 7) is 0. The molecule has 0 atom stereocenters. The molecular formula is C56H35NO. The summed E-state index contributed by atoms with van der Waals surface area (Å²) < 4.78 is 6.28. The van der Waals surface area contributed by atoms with Crippen molar-refractivity contribution in [3.05, 3.63) is 212 Å². The minimum Gasteiger partial charge on any atom is -0.456 e. The second-order valence-electron chi connectivity index (χ2n) is 15.2. The molecule has 0 spiro atoms. The molecule has 0 fully saturated rings. The average Bonchev–Trinajstić information content (AvgIpc) is 3.67. The molecule has 12 aromatic rings.